The Balaban J connectivity index is 2.12. The molecule has 1 unspecified atom stereocenters. The molecule has 0 saturated carbocycles. The number of carbonyl (C=O) groups is 1. The molecule has 0 aliphatic carbocycles. The van der Waals surface area contributed by atoms with Crippen molar-refractivity contribution in [2.75, 3.05) is 19.8 Å². The molecule has 0 aromatic carbocycles. The molecule has 0 radical (unpaired) electrons. The summed E-state index contributed by atoms with van der Waals surface area (Å²) >= 11 is 0. The van der Waals surface area contributed by atoms with Crippen LogP contribution >= 0.6 is 0 Å². The van der Waals surface area contributed by atoms with E-state index in [1.165, 1.54) is 0 Å². The minimum atomic E-state index is -0.479. The molecule has 2 rings (SSSR count). The van der Waals surface area contributed by atoms with Crippen molar-refractivity contribution in [2.45, 2.75) is 13.0 Å². The molecule has 0 saturated heterocycles. The summed E-state index contributed by atoms with van der Waals surface area (Å²) in [6.45, 7) is 2.52. The molecular weight excluding hydrogens is 208 g/mol. The summed E-state index contributed by atoms with van der Waals surface area (Å²) < 4.78 is 4.92. The third-order valence-electron chi connectivity index (χ3n) is 2.52. The van der Waals surface area contributed by atoms with Gasteiger partial charge in [-0.1, -0.05) is 6.08 Å². The van der Waals surface area contributed by atoms with Crippen molar-refractivity contribution < 1.29 is 14.6 Å². The highest BCUT2D eigenvalue weighted by molar-refractivity contribution is 5.99. The molecule has 5 nitrogen and oxygen atoms in total. The van der Waals surface area contributed by atoms with Crippen LogP contribution in [-0.2, 0) is 9.53 Å². The summed E-state index contributed by atoms with van der Waals surface area (Å²) in [5.41, 5.74) is 0.757. The van der Waals surface area contributed by atoms with Crippen LogP contribution in [0.5, 0.6) is 0 Å². The Bertz CT molecular complexity index is 385. The van der Waals surface area contributed by atoms with Crippen LogP contribution in [-0.4, -0.2) is 47.6 Å². The number of aliphatic hydroxyl groups excluding tert-OH is 1. The number of hydrogen-bond donors (Lipinski definition) is 1. The molecule has 16 heavy (non-hydrogen) atoms. The first kappa shape index (κ1) is 10.9. The summed E-state index contributed by atoms with van der Waals surface area (Å²) in [5.74, 6) is 0.402. The fourth-order valence-corrected chi connectivity index (χ4v) is 1.77. The lowest BCUT2D eigenvalue weighted by molar-refractivity contribution is -0.144. The monoisotopic (exact) mass is 222 g/mol. The molecule has 2 aliphatic heterocycles. The molecule has 2 aliphatic rings. The highest BCUT2D eigenvalue weighted by atomic mass is 16.5. The molecule has 2 heterocycles. The van der Waals surface area contributed by atoms with E-state index in [1.54, 1.807) is 6.92 Å². The number of hydrogen-bond acceptors (Lipinski definition) is 5. The van der Waals surface area contributed by atoms with Gasteiger partial charge < -0.3 is 14.7 Å². The number of allylic oxidation sites excluding steroid dienone is 2. The van der Waals surface area contributed by atoms with E-state index < -0.39 is 6.04 Å². The van der Waals surface area contributed by atoms with E-state index in [9.17, 15) is 4.79 Å². The van der Waals surface area contributed by atoms with Gasteiger partial charge in [-0.3, -0.25) is 4.99 Å². The van der Waals surface area contributed by atoms with Crippen LogP contribution in [0.25, 0.3) is 0 Å². The van der Waals surface area contributed by atoms with Crippen molar-refractivity contribution in [2.24, 2.45) is 4.99 Å². The number of amidine groups is 1. The summed E-state index contributed by atoms with van der Waals surface area (Å²) in [6.07, 6.45) is 5.44. The lowest BCUT2D eigenvalue weighted by Gasteiger charge is -2.23. The molecule has 0 amide bonds. The van der Waals surface area contributed by atoms with Crippen molar-refractivity contribution in [3.63, 3.8) is 0 Å². The standard InChI is InChI=1S/C11H14N2O3/c1-2-16-11(15)9-6-13-8(7-14)4-3-5-10(13)12-9/h3-5,9,14H,2,6-7H2,1H3. The van der Waals surface area contributed by atoms with Crippen LogP contribution in [0.1, 0.15) is 6.92 Å². The second-order valence-electron chi connectivity index (χ2n) is 3.54. The number of carbonyl (C=O) groups excluding carboxylic acids is 1. The number of ether oxygens (including phenoxy) is 1. The van der Waals surface area contributed by atoms with Gasteiger partial charge in [0.1, 0.15) is 5.84 Å². The molecule has 0 fully saturated rings. The number of aliphatic hydroxyl groups is 1. The molecular formula is C11H14N2O3. The Kier molecular flexibility index (Phi) is 3.05. The van der Waals surface area contributed by atoms with Crippen LogP contribution < -0.4 is 0 Å². The van der Waals surface area contributed by atoms with Gasteiger partial charge in [-0.05, 0) is 19.1 Å². The topological polar surface area (TPSA) is 62.1 Å². The minimum absolute atomic E-state index is 0.0566. The maximum absolute atomic E-state index is 11.5. The van der Waals surface area contributed by atoms with E-state index in [1.807, 2.05) is 23.1 Å². The predicted molar refractivity (Wildman–Crippen MR) is 58.9 cm³/mol. The van der Waals surface area contributed by atoms with Crippen LogP contribution in [0, 0.1) is 0 Å². The fourth-order valence-electron chi connectivity index (χ4n) is 1.77. The average Bonchev–Trinajstić information content (AvgIpc) is 2.72. The number of fused-ring (bicyclic) bond motifs is 1. The largest absolute Gasteiger partial charge is 0.464 e. The van der Waals surface area contributed by atoms with Crippen molar-refractivity contribution >= 4 is 11.8 Å². The fraction of sp³-hybridized carbons (Fsp3) is 0.455. The summed E-state index contributed by atoms with van der Waals surface area (Å²) in [4.78, 5) is 17.6. The molecule has 0 aromatic heterocycles. The van der Waals surface area contributed by atoms with E-state index >= 15 is 0 Å². The number of nitrogens with zero attached hydrogens (tertiary/aromatic N) is 2. The van der Waals surface area contributed by atoms with E-state index in [2.05, 4.69) is 4.99 Å². The smallest absolute Gasteiger partial charge is 0.332 e. The van der Waals surface area contributed by atoms with Gasteiger partial charge >= 0.3 is 5.97 Å². The molecule has 0 bridgehead atoms. The van der Waals surface area contributed by atoms with Crippen molar-refractivity contribution in [3.05, 3.63) is 23.9 Å². The van der Waals surface area contributed by atoms with Gasteiger partial charge in [0.2, 0.25) is 0 Å². The quantitative estimate of drug-likeness (QED) is 0.687. The lowest BCUT2D eigenvalue weighted by atomic mass is 10.2. The maximum Gasteiger partial charge on any atom is 0.332 e. The lowest BCUT2D eigenvalue weighted by Crippen LogP contribution is -2.33. The van der Waals surface area contributed by atoms with Crippen molar-refractivity contribution in [1.29, 1.82) is 0 Å². The Morgan fingerprint density at radius 3 is 3.25 bits per heavy atom. The molecule has 1 atom stereocenters. The number of aliphatic imine (C=N–C) groups is 1. The molecule has 0 aromatic rings. The van der Waals surface area contributed by atoms with E-state index in [0.29, 0.717) is 19.0 Å². The zero-order valence-corrected chi connectivity index (χ0v) is 9.09. The number of esters is 1. The third kappa shape index (κ3) is 1.86. The van der Waals surface area contributed by atoms with E-state index in [-0.39, 0.29) is 12.6 Å². The highest BCUT2D eigenvalue weighted by Crippen LogP contribution is 2.20. The summed E-state index contributed by atoms with van der Waals surface area (Å²) in [5, 5.41) is 9.15. The van der Waals surface area contributed by atoms with E-state index in [4.69, 9.17) is 9.84 Å². The van der Waals surface area contributed by atoms with Gasteiger partial charge in [-0.2, -0.15) is 0 Å². The van der Waals surface area contributed by atoms with Gasteiger partial charge in [0, 0.05) is 5.70 Å². The highest BCUT2D eigenvalue weighted by Gasteiger charge is 2.32. The van der Waals surface area contributed by atoms with Crippen molar-refractivity contribution in [1.82, 2.24) is 4.90 Å². The molecule has 5 heteroatoms. The number of rotatable bonds is 3. The summed E-state index contributed by atoms with van der Waals surface area (Å²) in [6, 6.07) is -0.479. The van der Waals surface area contributed by atoms with Crippen LogP contribution in [0.4, 0.5) is 0 Å². The molecule has 86 valence electrons. The first-order valence-electron chi connectivity index (χ1n) is 5.26. The van der Waals surface area contributed by atoms with Gasteiger partial charge in [0.05, 0.1) is 19.8 Å². The molecule has 1 N–H and O–H groups in total. The first-order valence-corrected chi connectivity index (χ1v) is 5.26. The zero-order chi connectivity index (χ0) is 11.5. The van der Waals surface area contributed by atoms with E-state index in [0.717, 1.165) is 5.70 Å². The minimum Gasteiger partial charge on any atom is -0.464 e. The SMILES string of the molecule is CCOC(=O)C1CN2C(CO)=CC=CC2=N1. The summed E-state index contributed by atoms with van der Waals surface area (Å²) in [7, 11) is 0. The Morgan fingerprint density at radius 1 is 1.75 bits per heavy atom. The van der Waals surface area contributed by atoms with Gasteiger partial charge in [0.15, 0.2) is 6.04 Å². The first-order chi connectivity index (χ1) is 7.76. The van der Waals surface area contributed by atoms with Gasteiger partial charge in [0.25, 0.3) is 0 Å². The normalized spacial score (nSPS) is 22.6. The van der Waals surface area contributed by atoms with Crippen molar-refractivity contribution in [3.8, 4) is 0 Å². The van der Waals surface area contributed by atoms with Gasteiger partial charge in [-0.25, -0.2) is 4.79 Å². The van der Waals surface area contributed by atoms with Crippen LogP contribution in [0.3, 0.4) is 0 Å². The second kappa shape index (κ2) is 4.49. The van der Waals surface area contributed by atoms with Crippen LogP contribution in [0.15, 0.2) is 28.9 Å². The Morgan fingerprint density at radius 2 is 2.56 bits per heavy atom. The van der Waals surface area contributed by atoms with Crippen LogP contribution in [0.2, 0.25) is 0 Å². The maximum atomic E-state index is 11.5. The Labute approximate surface area is 93.7 Å². The molecule has 0 spiro atoms. The zero-order valence-electron chi connectivity index (χ0n) is 9.09. The van der Waals surface area contributed by atoms with Gasteiger partial charge in [-0.15, -0.1) is 0 Å². The second-order valence-corrected chi connectivity index (χ2v) is 3.54. The Hall–Kier alpha value is -1.62. The predicted octanol–water partition coefficient (Wildman–Crippen LogP) is 0.0782. The average molecular weight is 222 g/mol. The third-order valence-corrected chi connectivity index (χ3v) is 2.52.